The molecule has 116 valence electrons. The van der Waals surface area contributed by atoms with Gasteiger partial charge in [0.05, 0.1) is 14.2 Å². The maximum atomic E-state index is 12.0. The minimum Gasteiger partial charge on any atom is -0.493 e. The van der Waals surface area contributed by atoms with Crippen LogP contribution in [0, 0.1) is 0 Å². The molecule has 0 aliphatic heterocycles. The molecule has 0 bridgehead atoms. The van der Waals surface area contributed by atoms with Crippen molar-refractivity contribution < 1.29 is 24.1 Å². The summed E-state index contributed by atoms with van der Waals surface area (Å²) in [4.78, 5) is 12.0. The van der Waals surface area contributed by atoms with Crippen LogP contribution in [0.5, 0.6) is 11.5 Å². The van der Waals surface area contributed by atoms with Crippen molar-refractivity contribution in [1.82, 2.24) is 0 Å². The molecule has 0 saturated carbocycles. The fourth-order valence-corrected chi connectivity index (χ4v) is 2.04. The van der Waals surface area contributed by atoms with Gasteiger partial charge in [-0.25, -0.2) is 4.79 Å². The molecule has 0 aliphatic rings. The molecule has 2 aromatic rings. The number of para-hydroxylation sites is 2. The lowest BCUT2D eigenvalue weighted by Gasteiger charge is -2.23. The lowest BCUT2D eigenvalue weighted by molar-refractivity contribution is -0.154. The van der Waals surface area contributed by atoms with Gasteiger partial charge in [0.1, 0.15) is 6.10 Å². The van der Waals surface area contributed by atoms with Crippen LogP contribution in [0.4, 0.5) is 0 Å². The number of esters is 1. The Morgan fingerprint density at radius 1 is 0.955 bits per heavy atom. The van der Waals surface area contributed by atoms with Crippen LogP contribution in [0.1, 0.15) is 11.7 Å². The van der Waals surface area contributed by atoms with E-state index in [1.165, 1.54) is 14.2 Å². The van der Waals surface area contributed by atoms with Crippen molar-refractivity contribution in [2.45, 2.75) is 12.2 Å². The first-order valence-corrected chi connectivity index (χ1v) is 6.78. The molecule has 0 unspecified atom stereocenters. The van der Waals surface area contributed by atoms with Crippen LogP contribution in [-0.2, 0) is 9.53 Å². The summed E-state index contributed by atoms with van der Waals surface area (Å²) in [6, 6.07) is 15.7. The molecule has 0 fully saturated rings. The van der Waals surface area contributed by atoms with Gasteiger partial charge < -0.3 is 19.3 Å². The van der Waals surface area contributed by atoms with Crippen LogP contribution in [0.15, 0.2) is 54.6 Å². The summed E-state index contributed by atoms with van der Waals surface area (Å²) >= 11 is 0. The molecule has 2 aromatic carbocycles. The van der Waals surface area contributed by atoms with Crippen LogP contribution in [-0.4, -0.2) is 31.4 Å². The Morgan fingerprint density at radius 2 is 1.55 bits per heavy atom. The third-order valence-electron chi connectivity index (χ3n) is 3.18. The van der Waals surface area contributed by atoms with Gasteiger partial charge in [-0.1, -0.05) is 42.5 Å². The van der Waals surface area contributed by atoms with Crippen molar-refractivity contribution in [3.63, 3.8) is 0 Å². The van der Waals surface area contributed by atoms with E-state index >= 15 is 0 Å². The number of hydrogen-bond donors (Lipinski definition) is 1. The number of aliphatic hydroxyl groups is 1. The number of carbonyl (C=O) groups is 1. The van der Waals surface area contributed by atoms with Gasteiger partial charge in [-0.15, -0.1) is 0 Å². The molecule has 5 nitrogen and oxygen atoms in total. The van der Waals surface area contributed by atoms with Gasteiger partial charge in [0.2, 0.25) is 6.10 Å². The van der Waals surface area contributed by atoms with Crippen molar-refractivity contribution in [3.05, 3.63) is 60.2 Å². The molecule has 0 saturated heterocycles. The summed E-state index contributed by atoms with van der Waals surface area (Å²) in [6.45, 7) is 0. The monoisotopic (exact) mass is 302 g/mol. The summed E-state index contributed by atoms with van der Waals surface area (Å²) < 4.78 is 15.6. The third-order valence-corrected chi connectivity index (χ3v) is 3.18. The fraction of sp³-hybridized carbons (Fsp3) is 0.235. The van der Waals surface area contributed by atoms with Crippen LogP contribution in [0.3, 0.4) is 0 Å². The first kappa shape index (κ1) is 15.9. The Morgan fingerprint density at radius 3 is 2.14 bits per heavy atom. The summed E-state index contributed by atoms with van der Waals surface area (Å²) in [5.74, 6) is 0.161. The van der Waals surface area contributed by atoms with E-state index in [0.717, 1.165) is 0 Å². The van der Waals surface area contributed by atoms with Crippen molar-refractivity contribution in [1.29, 1.82) is 0 Å². The Kier molecular flexibility index (Phi) is 5.38. The zero-order valence-corrected chi connectivity index (χ0v) is 12.4. The van der Waals surface area contributed by atoms with Gasteiger partial charge in [-0.05, 0) is 17.7 Å². The minimum atomic E-state index is -1.19. The number of hydrogen-bond acceptors (Lipinski definition) is 5. The molecule has 0 aromatic heterocycles. The summed E-state index contributed by atoms with van der Waals surface area (Å²) in [7, 11) is 2.75. The topological polar surface area (TPSA) is 65.0 Å². The average Bonchev–Trinajstić information content (AvgIpc) is 2.59. The molecule has 2 rings (SSSR count). The average molecular weight is 302 g/mol. The van der Waals surface area contributed by atoms with E-state index in [-0.39, 0.29) is 0 Å². The van der Waals surface area contributed by atoms with E-state index in [0.29, 0.717) is 17.1 Å². The molecular weight excluding hydrogens is 284 g/mol. The van der Waals surface area contributed by atoms with Crippen molar-refractivity contribution in [2.24, 2.45) is 0 Å². The van der Waals surface area contributed by atoms with Gasteiger partial charge in [0.15, 0.2) is 11.5 Å². The normalized spacial score (nSPS) is 13.0. The standard InChI is InChI=1S/C17H18O5/c1-20-13-10-6-7-11-14(13)22-16(17(19)21-2)15(18)12-8-4-3-5-9-12/h3-11,15-16,18H,1-2H3/t15-,16-/m1/s1. The first-order valence-electron chi connectivity index (χ1n) is 6.78. The Hall–Kier alpha value is -2.53. The molecular formula is C17H18O5. The highest BCUT2D eigenvalue weighted by molar-refractivity contribution is 5.76. The van der Waals surface area contributed by atoms with Crippen molar-refractivity contribution in [2.75, 3.05) is 14.2 Å². The number of aliphatic hydroxyl groups excluding tert-OH is 1. The second kappa shape index (κ2) is 7.47. The van der Waals surface area contributed by atoms with E-state index in [9.17, 15) is 9.90 Å². The van der Waals surface area contributed by atoms with Gasteiger partial charge >= 0.3 is 5.97 Å². The van der Waals surface area contributed by atoms with E-state index < -0.39 is 18.2 Å². The molecule has 22 heavy (non-hydrogen) atoms. The number of ether oxygens (including phenoxy) is 3. The largest absolute Gasteiger partial charge is 0.493 e. The Labute approximate surface area is 129 Å². The fourth-order valence-electron chi connectivity index (χ4n) is 2.04. The molecule has 0 aliphatic carbocycles. The van der Waals surface area contributed by atoms with Gasteiger partial charge in [0.25, 0.3) is 0 Å². The predicted octanol–water partition coefficient (Wildman–Crippen LogP) is 2.35. The van der Waals surface area contributed by atoms with Crippen LogP contribution in [0.2, 0.25) is 0 Å². The summed E-state index contributed by atoms with van der Waals surface area (Å²) in [5, 5.41) is 10.4. The van der Waals surface area contributed by atoms with Crippen LogP contribution < -0.4 is 9.47 Å². The SMILES string of the molecule is COC(=O)[C@H](Oc1ccccc1OC)[C@H](O)c1ccccc1. The molecule has 0 radical (unpaired) electrons. The quantitative estimate of drug-likeness (QED) is 0.830. The second-order valence-electron chi connectivity index (χ2n) is 4.57. The predicted molar refractivity (Wildman–Crippen MR) is 80.8 cm³/mol. The van der Waals surface area contributed by atoms with E-state index in [1.54, 1.807) is 48.5 Å². The summed E-state index contributed by atoms with van der Waals surface area (Å²) in [5.41, 5.74) is 0.563. The van der Waals surface area contributed by atoms with E-state index in [1.807, 2.05) is 6.07 Å². The van der Waals surface area contributed by atoms with Gasteiger partial charge in [-0.3, -0.25) is 0 Å². The minimum absolute atomic E-state index is 0.357. The number of benzene rings is 2. The third kappa shape index (κ3) is 3.56. The molecule has 5 heteroatoms. The zero-order chi connectivity index (χ0) is 15.9. The lowest BCUT2D eigenvalue weighted by atomic mass is 10.0. The molecule has 1 N–H and O–H groups in total. The Balaban J connectivity index is 2.29. The molecule has 0 heterocycles. The first-order chi connectivity index (χ1) is 10.7. The highest BCUT2D eigenvalue weighted by atomic mass is 16.6. The van der Waals surface area contributed by atoms with E-state index in [2.05, 4.69) is 0 Å². The lowest BCUT2D eigenvalue weighted by Crippen LogP contribution is -2.35. The van der Waals surface area contributed by atoms with Gasteiger partial charge in [0, 0.05) is 0 Å². The smallest absolute Gasteiger partial charge is 0.350 e. The van der Waals surface area contributed by atoms with Crippen LogP contribution >= 0.6 is 0 Å². The molecule has 0 spiro atoms. The zero-order valence-electron chi connectivity index (χ0n) is 12.4. The summed E-state index contributed by atoms with van der Waals surface area (Å²) in [6.07, 6.45) is -2.35. The number of rotatable bonds is 6. The highest BCUT2D eigenvalue weighted by Gasteiger charge is 2.31. The maximum Gasteiger partial charge on any atom is 0.350 e. The van der Waals surface area contributed by atoms with Crippen LogP contribution in [0.25, 0.3) is 0 Å². The number of carbonyl (C=O) groups excluding carboxylic acids is 1. The maximum absolute atomic E-state index is 12.0. The Bertz CT molecular complexity index is 611. The van der Waals surface area contributed by atoms with Crippen molar-refractivity contribution in [3.8, 4) is 11.5 Å². The van der Waals surface area contributed by atoms with Gasteiger partial charge in [-0.2, -0.15) is 0 Å². The molecule has 2 atom stereocenters. The number of methoxy groups -OCH3 is 2. The molecule has 0 amide bonds. The highest BCUT2D eigenvalue weighted by Crippen LogP contribution is 2.30. The van der Waals surface area contributed by atoms with E-state index in [4.69, 9.17) is 14.2 Å². The second-order valence-corrected chi connectivity index (χ2v) is 4.57. The van der Waals surface area contributed by atoms with Crippen molar-refractivity contribution >= 4 is 5.97 Å².